The topological polar surface area (TPSA) is 84.2 Å². The number of fused-ring (bicyclic) bond motifs is 3. The van der Waals surface area contributed by atoms with E-state index in [0.717, 1.165) is 24.0 Å². The Morgan fingerprint density at radius 2 is 1.42 bits per heavy atom. The van der Waals surface area contributed by atoms with Gasteiger partial charge in [-0.3, -0.25) is 19.1 Å². The van der Waals surface area contributed by atoms with E-state index >= 15 is 0 Å². The van der Waals surface area contributed by atoms with Crippen molar-refractivity contribution >= 4 is 39.5 Å². The van der Waals surface area contributed by atoms with Crippen molar-refractivity contribution in [2.24, 2.45) is 0 Å². The number of nitrogens with zero attached hydrogens (tertiary/aromatic N) is 6. The molecule has 0 spiro atoms. The van der Waals surface area contributed by atoms with E-state index in [4.69, 9.17) is 9.97 Å². The van der Waals surface area contributed by atoms with Gasteiger partial charge in [0.05, 0.1) is 27.6 Å². The summed E-state index contributed by atoms with van der Waals surface area (Å²) in [6.45, 7) is 3.12. The molecule has 1 aliphatic heterocycles. The molecule has 0 atom stereocenters. The Labute approximate surface area is 207 Å². The molecule has 1 amide bonds. The van der Waals surface area contributed by atoms with Gasteiger partial charge >= 0.3 is 0 Å². The number of hydrogen-bond donors (Lipinski definition) is 0. The molecular weight excluding hydrogens is 452 g/mol. The molecule has 0 radical (unpaired) electrons. The molecular formula is C28H24N6O2. The molecule has 3 aromatic carbocycles. The molecule has 6 rings (SSSR count). The Morgan fingerprint density at radius 1 is 0.778 bits per heavy atom. The van der Waals surface area contributed by atoms with Crippen LogP contribution in [0.15, 0.2) is 77.6 Å². The zero-order valence-electron chi connectivity index (χ0n) is 20.0. The monoisotopic (exact) mass is 476 g/mol. The van der Waals surface area contributed by atoms with Crippen LogP contribution in [0.1, 0.15) is 22.6 Å². The molecule has 0 saturated heterocycles. The molecule has 0 unspecified atom stereocenters. The number of hydrogen-bond acceptors (Lipinski definition) is 6. The van der Waals surface area contributed by atoms with E-state index < -0.39 is 0 Å². The second-order valence-electron chi connectivity index (χ2n) is 8.96. The summed E-state index contributed by atoms with van der Waals surface area (Å²) in [7, 11) is 1.97. The standard InChI is InChI=1S/C28H24N6O2/c1-18-29-22-9-4-3-8-21(22)28(36)34(18)20-14-12-19(13-15-20)27(35)33-17-7-16-32(2)25-26(33)31-24-11-6-5-10-23(24)30-25/h3-6,8-15H,7,16-17H2,1-2H3. The third-order valence-electron chi connectivity index (χ3n) is 6.59. The van der Waals surface area contributed by atoms with Crippen molar-refractivity contribution < 1.29 is 4.79 Å². The molecule has 0 saturated carbocycles. The maximum Gasteiger partial charge on any atom is 0.265 e. The molecule has 36 heavy (non-hydrogen) atoms. The average Bonchev–Trinajstić information content (AvgIpc) is 3.06. The number of rotatable bonds is 2. The largest absolute Gasteiger partial charge is 0.357 e. The Bertz CT molecular complexity index is 1690. The second kappa shape index (κ2) is 8.57. The lowest BCUT2D eigenvalue weighted by atomic mass is 10.1. The molecule has 178 valence electrons. The zero-order chi connectivity index (χ0) is 24.8. The third-order valence-corrected chi connectivity index (χ3v) is 6.59. The van der Waals surface area contributed by atoms with Gasteiger partial charge in [-0.15, -0.1) is 0 Å². The summed E-state index contributed by atoms with van der Waals surface area (Å²) in [5, 5.41) is 0.555. The molecule has 1 aliphatic rings. The van der Waals surface area contributed by atoms with Crippen LogP contribution < -0.4 is 15.4 Å². The highest BCUT2D eigenvalue weighted by Crippen LogP contribution is 2.31. The predicted octanol–water partition coefficient (Wildman–Crippen LogP) is 4.12. The minimum atomic E-state index is -0.150. The van der Waals surface area contributed by atoms with E-state index in [2.05, 4.69) is 4.98 Å². The van der Waals surface area contributed by atoms with Crippen LogP contribution in [0.25, 0.3) is 27.6 Å². The van der Waals surface area contributed by atoms with Crippen LogP contribution in [0.5, 0.6) is 0 Å². The van der Waals surface area contributed by atoms with Crippen LogP contribution in [0.4, 0.5) is 11.6 Å². The van der Waals surface area contributed by atoms with Gasteiger partial charge < -0.3 is 4.90 Å². The average molecular weight is 477 g/mol. The minimum absolute atomic E-state index is 0.135. The lowest BCUT2D eigenvalue weighted by Crippen LogP contribution is -2.32. The third kappa shape index (κ3) is 3.58. The van der Waals surface area contributed by atoms with Crippen LogP contribution in [-0.2, 0) is 0 Å². The van der Waals surface area contributed by atoms with Crippen LogP contribution >= 0.6 is 0 Å². The summed E-state index contributed by atoms with van der Waals surface area (Å²) >= 11 is 0. The van der Waals surface area contributed by atoms with Gasteiger partial charge in [0.1, 0.15) is 5.82 Å². The molecule has 3 heterocycles. The summed E-state index contributed by atoms with van der Waals surface area (Å²) in [5.41, 5.74) is 3.26. The van der Waals surface area contributed by atoms with Gasteiger partial charge in [-0.2, -0.15) is 0 Å². The van der Waals surface area contributed by atoms with Crippen molar-refractivity contribution in [1.29, 1.82) is 0 Å². The van der Waals surface area contributed by atoms with Gasteiger partial charge in [0.25, 0.3) is 11.5 Å². The van der Waals surface area contributed by atoms with E-state index in [0.29, 0.717) is 46.2 Å². The van der Waals surface area contributed by atoms with Crippen LogP contribution in [-0.4, -0.2) is 45.6 Å². The number of carbonyl (C=O) groups excluding carboxylic acids is 1. The molecule has 5 aromatic rings. The highest BCUT2D eigenvalue weighted by atomic mass is 16.2. The summed E-state index contributed by atoms with van der Waals surface area (Å²) in [4.78, 5) is 44.8. The fraction of sp³-hybridized carbons (Fsp3) is 0.179. The summed E-state index contributed by atoms with van der Waals surface area (Å²) in [6.07, 6.45) is 0.798. The lowest BCUT2D eigenvalue weighted by molar-refractivity contribution is 0.0986. The minimum Gasteiger partial charge on any atom is -0.357 e. The fourth-order valence-corrected chi connectivity index (χ4v) is 4.75. The van der Waals surface area contributed by atoms with Crippen LogP contribution in [0.3, 0.4) is 0 Å². The van der Waals surface area contributed by atoms with E-state index in [-0.39, 0.29) is 11.5 Å². The Kier molecular flexibility index (Phi) is 5.21. The number of para-hydroxylation sites is 3. The molecule has 0 aliphatic carbocycles. The molecule has 8 nitrogen and oxygen atoms in total. The van der Waals surface area contributed by atoms with Gasteiger partial charge in [0.15, 0.2) is 11.6 Å². The van der Waals surface area contributed by atoms with Crippen molar-refractivity contribution in [2.75, 3.05) is 29.9 Å². The zero-order valence-corrected chi connectivity index (χ0v) is 20.0. The van der Waals surface area contributed by atoms with Crippen molar-refractivity contribution in [2.45, 2.75) is 13.3 Å². The van der Waals surface area contributed by atoms with Crippen LogP contribution in [0, 0.1) is 6.92 Å². The second-order valence-corrected chi connectivity index (χ2v) is 8.96. The van der Waals surface area contributed by atoms with Crippen molar-refractivity contribution in [3.8, 4) is 5.69 Å². The number of aryl methyl sites for hydroxylation is 1. The molecule has 2 aromatic heterocycles. The number of amides is 1. The van der Waals surface area contributed by atoms with Crippen molar-refractivity contribution in [3.05, 3.63) is 94.5 Å². The number of aromatic nitrogens is 4. The predicted molar refractivity (Wildman–Crippen MR) is 141 cm³/mol. The first-order chi connectivity index (χ1) is 17.5. The fourth-order valence-electron chi connectivity index (χ4n) is 4.75. The summed E-state index contributed by atoms with van der Waals surface area (Å²) in [5.74, 6) is 1.70. The first-order valence-electron chi connectivity index (χ1n) is 11.9. The highest BCUT2D eigenvalue weighted by molar-refractivity contribution is 6.07. The van der Waals surface area contributed by atoms with Gasteiger partial charge in [-0.25, -0.2) is 15.0 Å². The maximum absolute atomic E-state index is 13.7. The maximum atomic E-state index is 13.7. The van der Waals surface area contributed by atoms with Gasteiger partial charge in [0.2, 0.25) is 0 Å². The Hall–Kier alpha value is -4.59. The summed E-state index contributed by atoms with van der Waals surface area (Å²) in [6, 6.07) is 22.1. The highest BCUT2D eigenvalue weighted by Gasteiger charge is 2.27. The molecule has 8 heteroatoms. The SMILES string of the molecule is Cc1nc2ccccc2c(=O)n1-c1ccc(C(=O)N2CCCN(C)c3nc4ccccc4nc32)cc1. The van der Waals surface area contributed by atoms with E-state index in [1.54, 1.807) is 46.7 Å². The number of anilines is 2. The van der Waals surface area contributed by atoms with Crippen LogP contribution in [0.2, 0.25) is 0 Å². The molecule has 0 bridgehead atoms. The quantitative estimate of drug-likeness (QED) is 0.381. The normalized spacial score (nSPS) is 13.6. The smallest absolute Gasteiger partial charge is 0.265 e. The van der Waals surface area contributed by atoms with Gasteiger partial charge in [0, 0.05) is 25.7 Å². The Balaban J connectivity index is 1.39. The van der Waals surface area contributed by atoms with Gasteiger partial charge in [-0.1, -0.05) is 24.3 Å². The summed E-state index contributed by atoms with van der Waals surface area (Å²) < 4.78 is 1.57. The lowest BCUT2D eigenvalue weighted by Gasteiger charge is -2.23. The van der Waals surface area contributed by atoms with E-state index in [1.807, 2.05) is 54.4 Å². The van der Waals surface area contributed by atoms with E-state index in [9.17, 15) is 9.59 Å². The van der Waals surface area contributed by atoms with Gasteiger partial charge in [-0.05, 0) is 61.9 Å². The van der Waals surface area contributed by atoms with Crippen molar-refractivity contribution in [3.63, 3.8) is 0 Å². The first-order valence-corrected chi connectivity index (χ1v) is 11.9. The molecule has 0 fully saturated rings. The molecule has 0 N–H and O–H groups in total. The number of benzene rings is 3. The van der Waals surface area contributed by atoms with E-state index in [1.165, 1.54) is 0 Å². The Morgan fingerprint density at radius 3 is 2.14 bits per heavy atom. The number of carbonyl (C=O) groups is 1. The van der Waals surface area contributed by atoms with Crippen molar-refractivity contribution in [1.82, 2.24) is 19.5 Å². The first kappa shape index (κ1) is 21.9.